The summed E-state index contributed by atoms with van der Waals surface area (Å²) in [5, 5.41) is 3.17. The molecule has 0 saturated carbocycles. The molecule has 1 saturated heterocycles. The first-order chi connectivity index (χ1) is 9.00. The van der Waals surface area contributed by atoms with Crippen LogP contribution < -0.4 is 10.0 Å². The molecule has 2 heterocycles. The minimum atomic E-state index is -3.58. The van der Waals surface area contributed by atoms with Crippen LogP contribution in [0.25, 0.3) is 0 Å². The third-order valence-corrected chi connectivity index (χ3v) is 5.50. The van der Waals surface area contributed by atoms with Gasteiger partial charge in [0.15, 0.2) is 0 Å². The number of rotatable bonds is 3. The van der Waals surface area contributed by atoms with Gasteiger partial charge < -0.3 is 5.32 Å². The fourth-order valence-electron chi connectivity index (χ4n) is 2.28. The maximum absolute atomic E-state index is 12.5. The number of hydrogen-bond donors (Lipinski definition) is 2. The highest BCUT2D eigenvalue weighted by molar-refractivity contribution is 7.89. The van der Waals surface area contributed by atoms with E-state index >= 15 is 0 Å². The fourth-order valence-corrected chi connectivity index (χ4v) is 4.48. The SMILES string of the molecule is CC1(NS(=O)(=O)c2cccc3c2N=S=N3)CCNC1. The van der Waals surface area contributed by atoms with Crippen molar-refractivity contribution in [3.05, 3.63) is 18.2 Å². The van der Waals surface area contributed by atoms with Crippen LogP contribution >= 0.6 is 0 Å². The highest BCUT2D eigenvalue weighted by atomic mass is 32.2. The number of fused-ring (bicyclic) bond motifs is 1. The van der Waals surface area contributed by atoms with Crippen molar-refractivity contribution in [2.24, 2.45) is 8.73 Å². The summed E-state index contributed by atoms with van der Waals surface area (Å²) in [7, 11) is -3.58. The summed E-state index contributed by atoms with van der Waals surface area (Å²) >= 11 is 1.02. The molecule has 2 aliphatic heterocycles. The fraction of sp³-hybridized carbons (Fsp3) is 0.455. The van der Waals surface area contributed by atoms with Gasteiger partial charge in [0.05, 0.1) is 11.4 Å². The van der Waals surface area contributed by atoms with E-state index in [4.69, 9.17) is 0 Å². The topological polar surface area (TPSA) is 82.9 Å². The Bertz CT molecular complexity index is 687. The van der Waals surface area contributed by atoms with E-state index in [9.17, 15) is 8.42 Å². The van der Waals surface area contributed by atoms with E-state index < -0.39 is 15.6 Å². The molecule has 102 valence electrons. The molecule has 0 radical (unpaired) electrons. The smallest absolute Gasteiger partial charge is 0.243 e. The summed E-state index contributed by atoms with van der Waals surface area (Å²) in [6.45, 7) is 3.36. The van der Waals surface area contributed by atoms with Crippen molar-refractivity contribution in [1.29, 1.82) is 0 Å². The van der Waals surface area contributed by atoms with Crippen LogP contribution in [-0.2, 0) is 21.4 Å². The minimum Gasteiger partial charge on any atom is -0.315 e. The molecule has 2 N–H and O–H groups in total. The molecule has 19 heavy (non-hydrogen) atoms. The lowest BCUT2D eigenvalue weighted by atomic mass is 10.0. The standard InChI is InChI=1S/C11H14N4O2S2/c1-11(5-6-12-7-11)15-19(16,17)9-4-2-3-8-10(9)14-18-13-8/h2-4,12,15H,5-7H2,1H3. The van der Waals surface area contributed by atoms with Gasteiger partial charge in [-0.25, -0.2) is 13.1 Å². The molecule has 8 heteroatoms. The molecule has 0 bridgehead atoms. The van der Waals surface area contributed by atoms with Crippen molar-refractivity contribution in [3.63, 3.8) is 0 Å². The van der Waals surface area contributed by atoms with E-state index in [0.717, 1.165) is 24.3 Å². The molecule has 2 aliphatic rings. The largest absolute Gasteiger partial charge is 0.315 e. The van der Waals surface area contributed by atoms with Crippen LogP contribution in [0.1, 0.15) is 13.3 Å². The van der Waals surface area contributed by atoms with E-state index in [2.05, 4.69) is 18.8 Å². The molecule has 0 aliphatic carbocycles. The third kappa shape index (κ3) is 2.36. The molecule has 1 atom stereocenters. The highest BCUT2D eigenvalue weighted by Crippen LogP contribution is 2.37. The summed E-state index contributed by atoms with van der Waals surface area (Å²) in [6.07, 6.45) is 0.775. The van der Waals surface area contributed by atoms with Crippen molar-refractivity contribution < 1.29 is 8.42 Å². The van der Waals surface area contributed by atoms with Gasteiger partial charge in [-0.05, 0) is 32.0 Å². The summed E-state index contributed by atoms with van der Waals surface area (Å²) in [6, 6.07) is 5.02. The van der Waals surface area contributed by atoms with Gasteiger partial charge in [-0.15, -0.1) is 0 Å². The summed E-state index contributed by atoms with van der Waals surface area (Å²) < 4.78 is 35.9. The van der Waals surface area contributed by atoms with Gasteiger partial charge in [0, 0.05) is 12.1 Å². The second-order valence-corrected chi connectivity index (χ2v) is 7.16. The molecule has 1 aromatic rings. The second kappa shape index (κ2) is 4.48. The Morgan fingerprint density at radius 3 is 3.00 bits per heavy atom. The maximum atomic E-state index is 12.5. The van der Waals surface area contributed by atoms with Crippen molar-refractivity contribution in [2.75, 3.05) is 13.1 Å². The van der Waals surface area contributed by atoms with Crippen LogP contribution in [0.5, 0.6) is 0 Å². The Kier molecular flexibility index (Phi) is 3.05. The average molecular weight is 298 g/mol. The Hall–Kier alpha value is -1.09. The summed E-state index contributed by atoms with van der Waals surface area (Å²) in [5.41, 5.74) is 0.613. The van der Waals surface area contributed by atoms with Gasteiger partial charge in [0.25, 0.3) is 0 Å². The van der Waals surface area contributed by atoms with Gasteiger partial charge in [-0.3, -0.25) is 0 Å². The first-order valence-electron chi connectivity index (χ1n) is 5.96. The normalized spacial score (nSPS) is 25.3. The first kappa shape index (κ1) is 12.9. The van der Waals surface area contributed by atoms with E-state index in [-0.39, 0.29) is 4.90 Å². The van der Waals surface area contributed by atoms with Crippen LogP contribution in [0.15, 0.2) is 31.8 Å². The second-order valence-electron chi connectivity index (χ2n) is 4.98. The van der Waals surface area contributed by atoms with E-state index in [1.54, 1.807) is 18.2 Å². The van der Waals surface area contributed by atoms with Crippen molar-refractivity contribution in [1.82, 2.24) is 10.0 Å². The zero-order chi connectivity index (χ0) is 13.5. The zero-order valence-corrected chi connectivity index (χ0v) is 12.0. The Balaban J connectivity index is 1.98. The first-order valence-corrected chi connectivity index (χ1v) is 8.18. The van der Waals surface area contributed by atoms with Crippen LogP contribution in [0.2, 0.25) is 0 Å². The van der Waals surface area contributed by atoms with Gasteiger partial charge in [-0.1, -0.05) is 6.07 Å². The van der Waals surface area contributed by atoms with Gasteiger partial charge in [0.2, 0.25) is 10.0 Å². The monoisotopic (exact) mass is 298 g/mol. The lowest BCUT2D eigenvalue weighted by Crippen LogP contribution is -2.47. The molecular weight excluding hydrogens is 284 g/mol. The molecule has 3 rings (SSSR count). The van der Waals surface area contributed by atoms with Crippen LogP contribution in [0.3, 0.4) is 0 Å². The molecule has 1 unspecified atom stereocenters. The molecule has 1 aromatic carbocycles. The molecule has 1 fully saturated rings. The lowest BCUT2D eigenvalue weighted by molar-refractivity contribution is 0.452. The quantitative estimate of drug-likeness (QED) is 0.899. The van der Waals surface area contributed by atoms with Crippen molar-refractivity contribution >= 4 is 32.8 Å². The third-order valence-electron chi connectivity index (χ3n) is 3.29. The minimum absolute atomic E-state index is 0.201. The average Bonchev–Trinajstić information content (AvgIpc) is 2.96. The van der Waals surface area contributed by atoms with Crippen LogP contribution in [0, 0.1) is 0 Å². The zero-order valence-electron chi connectivity index (χ0n) is 10.4. The van der Waals surface area contributed by atoms with E-state index in [1.165, 1.54) is 0 Å². The van der Waals surface area contributed by atoms with E-state index in [0.29, 0.717) is 17.9 Å². The molecule has 0 aromatic heterocycles. The lowest BCUT2D eigenvalue weighted by Gasteiger charge is -2.24. The maximum Gasteiger partial charge on any atom is 0.243 e. The predicted octanol–water partition coefficient (Wildman–Crippen LogP) is 1.44. The van der Waals surface area contributed by atoms with E-state index in [1.807, 2.05) is 6.92 Å². The summed E-state index contributed by atoms with van der Waals surface area (Å²) in [4.78, 5) is 0.201. The molecular formula is C11H14N4O2S2. The Labute approximate surface area is 115 Å². The van der Waals surface area contributed by atoms with Gasteiger partial charge >= 0.3 is 0 Å². The number of nitrogens with one attached hydrogen (secondary N) is 2. The number of nitrogens with zero attached hydrogens (tertiary/aromatic N) is 2. The van der Waals surface area contributed by atoms with Crippen molar-refractivity contribution in [2.45, 2.75) is 23.8 Å². The predicted molar refractivity (Wildman–Crippen MR) is 74.2 cm³/mol. The Morgan fingerprint density at radius 2 is 2.26 bits per heavy atom. The number of benzene rings is 1. The summed E-state index contributed by atoms with van der Waals surface area (Å²) in [5.74, 6) is 0. The van der Waals surface area contributed by atoms with Gasteiger partial charge in [0.1, 0.15) is 16.3 Å². The van der Waals surface area contributed by atoms with Crippen LogP contribution in [0.4, 0.5) is 11.4 Å². The van der Waals surface area contributed by atoms with Crippen molar-refractivity contribution in [3.8, 4) is 0 Å². The Morgan fingerprint density at radius 1 is 1.42 bits per heavy atom. The number of sulfonamides is 1. The van der Waals surface area contributed by atoms with Gasteiger partial charge in [-0.2, -0.15) is 8.73 Å². The molecule has 6 nitrogen and oxygen atoms in total. The molecule has 0 amide bonds. The highest BCUT2D eigenvalue weighted by Gasteiger charge is 2.35. The number of hydrogen-bond acceptors (Lipinski definition) is 5. The van der Waals surface area contributed by atoms with Crippen LogP contribution in [-0.4, -0.2) is 27.0 Å². The molecule has 0 spiro atoms.